The van der Waals surface area contributed by atoms with Crippen molar-refractivity contribution < 1.29 is 4.79 Å². The lowest BCUT2D eigenvalue weighted by Gasteiger charge is -2.13. The maximum Gasteiger partial charge on any atom is 0.243 e. The Labute approximate surface area is 147 Å². The van der Waals surface area contributed by atoms with Crippen LogP contribution in [0.1, 0.15) is 52.4 Å². The first-order chi connectivity index (χ1) is 9.61. The van der Waals surface area contributed by atoms with Crippen LogP contribution in [-0.2, 0) is 4.79 Å². The van der Waals surface area contributed by atoms with Crippen LogP contribution in [0.4, 0.5) is 0 Å². The van der Waals surface area contributed by atoms with Gasteiger partial charge in [0.05, 0.1) is 0 Å². The molecule has 0 atom stereocenters. The standard InChI is InChI=1S/C15H32N4O.HI/c1-5-7-9-10-12-17-15(16-11-8-6-2)18-13-14(20)19(3)4;/h5-13H2,1-4H3,(H2,16,17,18);1H. The fourth-order valence-corrected chi connectivity index (χ4v) is 1.60. The average molecular weight is 412 g/mol. The van der Waals surface area contributed by atoms with E-state index in [2.05, 4.69) is 29.5 Å². The Morgan fingerprint density at radius 1 is 0.952 bits per heavy atom. The van der Waals surface area contributed by atoms with Gasteiger partial charge in [-0.05, 0) is 12.8 Å². The third kappa shape index (κ3) is 14.2. The van der Waals surface area contributed by atoms with E-state index in [4.69, 9.17) is 0 Å². The molecule has 0 fully saturated rings. The van der Waals surface area contributed by atoms with Gasteiger partial charge >= 0.3 is 0 Å². The van der Waals surface area contributed by atoms with Gasteiger partial charge in [0.25, 0.3) is 0 Å². The van der Waals surface area contributed by atoms with Crippen molar-refractivity contribution in [2.45, 2.75) is 52.4 Å². The van der Waals surface area contributed by atoms with E-state index in [-0.39, 0.29) is 36.4 Å². The lowest BCUT2D eigenvalue weighted by Crippen LogP contribution is -2.39. The number of halogens is 1. The molecule has 0 aliphatic carbocycles. The average Bonchev–Trinajstić information content (AvgIpc) is 2.43. The monoisotopic (exact) mass is 412 g/mol. The van der Waals surface area contributed by atoms with Crippen LogP contribution in [-0.4, -0.2) is 50.5 Å². The van der Waals surface area contributed by atoms with Crippen LogP contribution in [0.15, 0.2) is 4.99 Å². The molecular formula is C15H33IN4O. The first-order valence-corrected chi connectivity index (χ1v) is 7.84. The second-order valence-electron chi connectivity index (χ2n) is 5.22. The zero-order valence-corrected chi connectivity index (χ0v) is 16.4. The lowest BCUT2D eigenvalue weighted by molar-refractivity contribution is -0.127. The van der Waals surface area contributed by atoms with E-state index in [1.807, 2.05) is 0 Å². The minimum absolute atomic E-state index is 0. The number of carbonyl (C=O) groups excluding carboxylic acids is 1. The number of hydrogen-bond acceptors (Lipinski definition) is 2. The number of nitrogens with one attached hydrogen (secondary N) is 2. The molecule has 0 aromatic heterocycles. The Morgan fingerprint density at radius 2 is 1.52 bits per heavy atom. The van der Waals surface area contributed by atoms with Crippen LogP contribution >= 0.6 is 24.0 Å². The molecular weight excluding hydrogens is 379 g/mol. The van der Waals surface area contributed by atoms with Crippen LogP contribution in [0.25, 0.3) is 0 Å². The summed E-state index contributed by atoms with van der Waals surface area (Å²) in [5.41, 5.74) is 0. The lowest BCUT2D eigenvalue weighted by atomic mass is 10.2. The predicted octanol–water partition coefficient (Wildman–Crippen LogP) is 2.61. The number of unbranched alkanes of at least 4 members (excludes halogenated alkanes) is 4. The van der Waals surface area contributed by atoms with E-state index in [9.17, 15) is 4.79 Å². The highest BCUT2D eigenvalue weighted by Crippen LogP contribution is 1.97. The summed E-state index contributed by atoms with van der Waals surface area (Å²) in [4.78, 5) is 17.5. The Morgan fingerprint density at radius 3 is 2.05 bits per heavy atom. The SMILES string of the molecule is CCCCCCNC(=NCC(=O)N(C)C)NCCCC.I. The molecule has 1 amide bonds. The topological polar surface area (TPSA) is 56.7 Å². The second-order valence-corrected chi connectivity index (χ2v) is 5.22. The molecule has 0 radical (unpaired) electrons. The highest BCUT2D eigenvalue weighted by atomic mass is 127. The smallest absolute Gasteiger partial charge is 0.243 e. The first kappa shape index (κ1) is 22.7. The maximum absolute atomic E-state index is 11.6. The number of rotatable bonds is 10. The van der Waals surface area contributed by atoms with Crippen LogP contribution < -0.4 is 10.6 Å². The summed E-state index contributed by atoms with van der Waals surface area (Å²) in [7, 11) is 3.50. The summed E-state index contributed by atoms with van der Waals surface area (Å²) < 4.78 is 0. The normalized spacial score (nSPS) is 10.8. The van der Waals surface area contributed by atoms with Gasteiger partial charge in [-0.3, -0.25) is 4.79 Å². The molecule has 0 bridgehead atoms. The zero-order chi connectivity index (χ0) is 15.2. The van der Waals surface area contributed by atoms with Gasteiger partial charge < -0.3 is 15.5 Å². The third-order valence-electron chi connectivity index (χ3n) is 3.02. The van der Waals surface area contributed by atoms with Crippen molar-refractivity contribution in [3.63, 3.8) is 0 Å². The van der Waals surface area contributed by atoms with Crippen LogP contribution in [0, 0.1) is 0 Å². The summed E-state index contributed by atoms with van der Waals surface area (Å²) in [6, 6.07) is 0. The van der Waals surface area contributed by atoms with Crippen LogP contribution in [0.2, 0.25) is 0 Å². The molecule has 0 aliphatic heterocycles. The number of nitrogens with zero attached hydrogens (tertiary/aromatic N) is 2. The summed E-state index contributed by atoms with van der Waals surface area (Å²) in [5.74, 6) is 0.776. The Hall–Kier alpha value is -0.530. The minimum Gasteiger partial charge on any atom is -0.356 e. The van der Waals surface area contributed by atoms with Gasteiger partial charge in [-0.2, -0.15) is 0 Å². The van der Waals surface area contributed by atoms with Gasteiger partial charge in [0.1, 0.15) is 6.54 Å². The Bertz CT molecular complexity index is 283. The Kier molecular flexibility index (Phi) is 17.2. The number of carbonyl (C=O) groups is 1. The van der Waals surface area contributed by atoms with Gasteiger partial charge in [0, 0.05) is 27.2 Å². The molecule has 6 heteroatoms. The number of hydrogen-bond donors (Lipinski definition) is 2. The number of likely N-dealkylation sites (N-methyl/N-ethyl adjacent to an activating group) is 1. The molecule has 0 spiro atoms. The van der Waals surface area contributed by atoms with Crippen molar-refractivity contribution in [2.24, 2.45) is 4.99 Å². The fourth-order valence-electron chi connectivity index (χ4n) is 1.60. The molecule has 5 nitrogen and oxygen atoms in total. The number of aliphatic imine (C=N–C) groups is 1. The minimum atomic E-state index is 0. The number of amides is 1. The molecule has 0 rings (SSSR count). The molecule has 21 heavy (non-hydrogen) atoms. The van der Waals surface area contributed by atoms with E-state index in [0.29, 0.717) is 0 Å². The summed E-state index contributed by atoms with van der Waals surface area (Å²) in [6.07, 6.45) is 7.15. The van der Waals surface area contributed by atoms with Gasteiger partial charge in [0.15, 0.2) is 5.96 Å². The first-order valence-electron chi connectivity index (χ1n) is 7.84. The highest BCUT2D eigenvalue weighted by Gasteiger charge is 2.03. The third-order valence-corrected chi connectivity index (χ3v) is 3.02. The summed E-state index contributed by atoms with van der Waals surface area (Å²) in [6.45, 7) is 6.37. The van der Waals surface area contributed by atoms with E-state index >= 15 is 0 Å². The Balaban J connectivity index is 0. The van der Waals surface area contributed by atoms with Crippen LogP contribution in [0.3, 0.4) is 0 Å². The van der Waals surface area contributed by atoms with Crippen LogP contribution in [0.5, 0.6) is 0 Å². The molecule has 0 saturated carbocycles. The highest BCUT2D eigenvalue weighted by molar-refractivity contribution is 14.0. The molecule has 2 N–H and O–H groups in total. The van der Waals surface area contributed by atoms with Crippen molar-refractivity contribution in [1.29, 1.82) is 0 Å². The molecule has 126 valence electrons. The number of guanidine groups is 1. The zero-order valence-electron chi connectivity index (χ0n) is 14.1. The molecule has 0 unspecified atom stereocenters. The second kappa shape index (κ2) is 15.9. The fraction of sp³-hybridized carbons (Fsp3) is 0.867. The summed E-state index contributed by atoms with van der Waals surface area (Å²) in [5, 5.41) is 6.57. The van der Waals surface area contributed by atoms with Gasteiger partial charge in [-0.25, -0.2) is 4.99 Å². The van der Waals surface area contributed by atoms with E-state index in [1.165, 1.54) is 19.3 Å². The van der Waals surface area contributed by atoms with Gasteiger partial charge in [0.2, 0.25) is 5.91 Å². The molecule has 0 aromatic rings. The van der Waals surface area contributed by atoms with E-state index < -0.39 is 0 Å². The van der Waals surface area contributed by atoms with E-state index in [0.717, 1.165) is 38.3 Å². The molecule has 0 saturated heterocycles. The maximum atomic E-state index is 11.6. The summed E-state index contributed by atoms with van der Waals surface area (Å²) >= 11 is 0. The molecule has 0 heterocycles. The van der Waals surface area contributed by atoms with Crippen molar-refractivity contribution in [3.8, 4) is 0 Å². The quantitative estimate of drug-likeness (QED) is 0.251. The molecule has 0 aromatic carbocycles. The van der Waals surface area contributed by atoms with Gasteiger partial charge in [-0.15, -0.1) is 24.0 Å². The van der Waals surface area contributed by atoms with Crippen molar-refractivity contribution in [2.75, 3.05) is 33.7 Å². The van der Waals surface area contributed by atoms with Crippen molar-refractivity contribution >= 4 is 35.8 Å². The van der Waals surface area contributed by atoms with Crippen molar-refractivity contribution in [3.05, 3.63) is 0 Å². The predicted molar refractivity (Wildman–Crippen MR) is 101 cm³/mol. The van der Waals surface area contributed by atoms with E-state index in [1.54, 1.807) is 19.0 Å². The van der Waals surface area contributed by atoms with Gasteiger partial charge in [-0.1, -0.05) is 39.5 Å². The molecule has 0 aliphatic rings. The largest absolute Gasteiger partial charge is 0.356 e. The van der Waals surface area contributed by atoms with Crippen molar-refractivity contribution in [1.82, 2.24) is 15.5 Å².